The van der Waals surface area contributed by atoms with Gasteiger partial charge >= 0.3 is 12.2 Å². The summed E-state index contributed by atoms with van der Waals surface area (Å²) in [5.41, 5.74) is -1.55. The van der Waals surface area contributed by atoms with E-state index in [0.29, 0.717) is 18.2 Å². The number of aromatic nitrogens is 1. The van der Waals surface area contributed by atoms with E-state index in [1.807, 2.05) is 6.92 Å². The zero-order chi connectivity index (χ0) is 17.2. The van der Waals surface area contributed by atoms with Crippen LogP contribution >= 0.6 is 11.3 Å². The van der Waals surface area contributed by atoms with Crippen LogP contribution in [0.15, 0.2) is 24.4 Å². The van der Waals surface area contributed by atoms with E-state index in [1.165, 1.54) is 23.3 Å². The molecule has 1 aromatic carbocycles. The summed E-state index contributed by atoms with van der Waals surface area (Å²) < 4.78 is 51.5. The van der Waals surface area contributed by atoms with Crippen molar-refractivity contribution in [2.45, 2.75) is 19.6 Å². The number of nitrogens with one attached hydrogen (secondary N) is 1. The van der Waals surface area contributed by atoms with Gasteiger partial charge in [-0.1, -0.05) is 0 Å². The molecule has 4 nitrogen and oxygen atoms in total. The highest BCUT2D eigenvalue weighted by molar-refractivity contribution is 7.11. The second-order valence-electron chi connectivity index (χ2n) is 4.82. The minimum Gasteiger partial charge on any atom is -0.322 e. The van der Waals surface area contributed by atoms with E-state index in [0.717, 1.165) is 9.88 Å². The smallest absolute Gasteiger partial charge is 0.322 e. The van der Waals surface area contributed by atoms with Crippen LogP contribution in [0.2, 0.25) is 0 Å². The van der Waals surface area contributed by atoms with Crippen LogP contribution in [0.1, 0.15) is 15.4 Å². The fourth-order valence-corrected chi connectivity index (χ4v) is 2.64. The van der Waals surface area contributed by atoms with Gasteiger partial charge in [0.1, 0.15) is 5.82 Å². The molecule has 0 bridgehead atoms. The Labute approximate surface area is 133 Å². The van der Waals surface area contributed by atoms with E-state index < -0.39 is 29.3 Å². The second-order valence-corrected chi connectivity index (χ2v) is 6.14. The number of hydrogen-bond acceptors (Lipinski definition) is 3. The van der Waals surface area contributed by atoms with Crippen LogP contribution in [0.5, 0.6) is 0 Å². The van der Waals surface area contributed by atoms with Crippen molar-refractivity contribution in [1.82, 2.24) is 9.88 Å². The van der Waals surface area contributed by atoms with Gasteiger partial charge in [-0.25, -0.2) is 14.2 Å². The summed E-state index contributed by atoms with van der Waals surface area (Å²) in [6.45, 7) is 2.03. The topological polar surface area (TPSA) is 45.2 Å². The third-order valence-corrected chi connectivity index (χ3v) is 3.84. The minimum absolute atomic E-state index is 0.220. The summed E-state index contributed by atoms with van der Waals surface area (Å²) in [7, 11) is 1.45. The zero-order valence-electron chi connectivity index (χ0n) is 12.2. The third-order valence-electron chi connectivity index (χ3n) is 2.94. The van der Waals surface area contributed by atoms with E-state index >= 15 is 0 Å². The van der Waals surface area contributed by atoms with Gasteiger partial charge in [-0.3, -0.25) is 0 Å². The minimum atomic E-state index is -4.61. The van der Waals surface area contributed by atoms with Gasteiger partial charge in [-0.2, -0.15) is 13.2 Å². The van der Waals surface area contributed by atoms with Crippen LogP contribution in [0.3, 0.4) is 0 Å². The van der Waals surface area contributed by atoms with Crippen LogP contribution in [0.25, 0.3) is 0 Å². The van der Waals surface area contributed by atoms with E-state index in [-0.39, 0.29) is 6.54 Å². The third kappa shape index (κ3) is 4.41. The molecule has 23 heavy (non-hydrogen) atoms. The van der Waals surface area contributed by atoms with Crippen molar-refractivity contribution in [3.8, 4) is 0 Å². The maximum absolute atomic E-state index is 13.6. The van der Waals surface area contributed by atoms with Gasteiger partial charge in [-0.05, 0) is 25.1 Å². The van der Waals surface area contributed by atoms with Crippen LogP contribution < -0.4 is 5.32 Å². The molecule has 1 N–H and O–H groups in total. The summed E-state index contributed by atoms with van der Waals surface area (Å²) >= 11 is 1.39. The second kappa shape index (κ2) is 6.53. The average Bonchev–Trinajstić information content (AvgIpc) is 2.85. The molecule has 0 atom stereocenters. The van der Waals surface area contributed by atoms with Gasteiger partial charge in [-0.15, -0.1) is 11.3 Å². The molecule has 0 aliphatic carbocycles. The van der Waals surface area contributed by atoms with Gasteiger partial charge in [0.25, 0.3) is 0 Å². The Morgan fingerprint density at radius 3 is 2.65 bits per heavy atom. The molecule has 2 rings (SSSR count). The summed E-state index contributed by atoms with van der Waals surface area (Å²) in [6.07, 6.45) is -3.01. The predicted molar refractivity (Wildman–Crippen MR) is 78.7 cm³/mol. The normalized spacial score (nSPS) is 11.4. The highest BCUT2D eigenvalue weighted by atomic mass is 32.1. The van der Waals surface area contributed by atoms with E-state index in [1.54, 1.807) is 6.20 Å². The highest BCUT2D eigenvalue weighted by Gasteiger charge is 2.31. The monoisotopic (exact) mass is 347 g/mol. The number of amides is 2. The standard InChI is InChI=1S/C14H13F4N3OS/c1-8-19-6-10(23-8)7-21(2)13(22)20-12-5-9(14(16,17)18)3-4-11(12)15/h3-6H,7H2,1-2H3,(H,20,22). The van der Waals surface area contributed by atoms with Crippen molar-refractivity contribution in [2.75, 3.05) is 12.4 Å². The average molecular weight is 347 g/mol. The number of nitrogens with zero attached hydrogens (tertiary/aromatic N) is 2. The summed E-state index contributed by atoms with van der Waals surface area (Å²) in [4.78, 5) is 18.1. The van der Waals surface area contributed by atoms with Gasteiger partial charge in [0.05, 0.1) is 22.8 Å². The first kappa shape index (κ1) is 17.2. The van der Waals surface area contributed by atoms with Gasteiger partial charge in [0.15, 0.2) is 0 Å². The Bertz CT molecular complexity index is 714. The number of alkyl halides is 3. The number of halogens is 4. The molecule has 0 saturated carbocycles. The number of carbonyl (C=O) groups excluding carboxylic acids is 1. The first-order chi connectivity index (χ1) is 10.7. The molecule has 1 heterocycles. The van der Waals surface area contributed by atoms with Gasteiger partial charge in [0, 0.05) is 18.1 Å². The number of benzene rings is 1. The lowest BCUT2D eigenvalue weighted by molar-refractivity contribution is -0.137. The number of carbonyl (C=O) groups is 1. The number of anilines is 1. The molecule has 0 unspecified atom stereocenters. The van der Waals surface area contributed by atoms with Gasteiger partial charge in [0.2, 0.25) is 0 Å². The maximum atomic E-state index is 13.6. The number of aryl methyl sites for hydroxylation is 1. The molecule has 0 saturated heterocycles. The first-order valence-corrected chi connectivity index (χ1v) is 7.28. The Hall–Kier alpha value is -2.16. The van der Waals surface area contributed by atoms with Crippen molar-refractivity contribution in [3.63, 3.8) is 0 Å². The SMILES string of the molecule is Cc1ncc(CN(C)C(=O)Nc2cc(C(F)(F)F)ccc2F)s1. The van der Waals surface area contributed by atoms with Crippen molar-refractivity contribution >= 4 is 23.1 Å². The maximum Gasteiger partial charge on any atom is 0.416 e. The Morgan fingerprint density at radius 1 is 1.39 bits per heavy atom. The molecule has 0 aliphatic heterocycles. The van der Waals surface area contributed by atoms with Gasteiger partial charge < -0.3 is 10.2 Å². The highest BCUT2D eigenvalue weighted by Crippen LogP contribution is 2.31. The van der Waals surface area contributed by atoms with Crippen molar-refractivity contribution in [2.24, 2.45) is 0 Å². The number of urea groups is 1. The Balaban J connectivity index is 2.10. The Kier molecular flexibility index (Phi) is 4.88. The lowest BCUT2D eigenvalue weighted by atomic mass is 10.2. The molecule has 2 aromatic rings. The molecule has 124 valence electrons. The fourth-order valence-electron chi connectivity index (χ4n) is 1.79. The molecule has 2 amide bonds. The summed E-state index contributed by atoms with van der Waals surface area (Å²) in [5, 5.41) is 2.98. The quantitative estimate of drug-likeness (QED) is 0.843. The summed E-state index contributed by atoms with van der Waals surface area (Å²) in [5.74, 6) is -0.937. The van der Waals surface area contributed by atoms with E-state index in [4.69, 9.17) is 0 Å². The van der Waals surface area contributed by atoms with Crippen LogP contribution in [-0.2, 0) is 12.7 Å². The molecule has 9 heteroatoms. The van der Waals surface area contributed by atoms with E-state index in [2.05, 4.69) is 10.3 Å². The Morgan fingerprint density at radius 2 is 2.09 bits per heavy atom. The molecular weight excluding hydrogens is 334 g/mol. The largest absolute Gasteiger partial charge is 0.416 e. The first-order valence-electron chi connectivity index (χ1n) is 6.47. The molecule has 0 aliphatic rings. The summed E-state index contributed by atoms with van der Waals surface area (Å²) in [6, 6.07) is 1.15. The zero-order valence-corrected chi connectivity index (χ0v) is 13.1. The number of hydrogen-bond donors (Lipinski definition) is 1. The van der Waals surface area contributed by atoms with Crippen molar-refractivity contribution in [1.29, 1.82) is 0 Å². The fraction of sp³-hybridized carbons (Fsp3) is 0.286. The van der Waals surface area contributed by atoms with E-state index in [9.17, 15) is 22.4 Å². The lowest BCUT2D eigenvalue weighted by Gasteiger charge is -2.18. The van der Waals surface area contributed by atoms with Crippen LogP contribution in [-0.4, -0.2) is 23.0 Å². The number of thiazole rings is 1. The van der Waals surface area contributed by atoms with Crippen molar-refractivity contribution in [3.05, 3.63) is 45.7 Å². The molecule has 0 radical (unpaired) electrons. The van der Waals surface area contributed by atoms with Crippen LogP contribution in [0, 0.1) is 12.7 Å². The molecule has 1 aromatic heterocycles. The lowest BCUT2D eigenvalue weighted by Crippen LogP contribution is -2.31. The molecule has 0 spiro atoms. The molecule has 0 fully saturated rings. The van der Waals surface area contributed by atoms with Crippen LogP contribution in [0.4, 0.5) is 28.0 Å². The number of rotatable bonds is 3. The predicted octanol–water partition coefficient (Wildman–Crippen LogP) is 4.27. The van der Waals surface area contributed by atoms with Crippen molar-refractivity contribution < 1.29 is 22.4 Å². The molecular formula is C14H13F4N3OS.